The first kappa shape index (κ1) is 11.2. The summed E-state index contributed by atoms with van der Waals surface area (Å²) in [6.45, 7) is 14.4. The van der Waals surface area contributed by atoms with Gasteiger partial charge in [0.05, 0.1) is 0 Å². The van der Waals surface area contributed by atoms with E-state index >= 15 is 0 Å². The molecular weight excluding hydrogens is 160 g/mol. The zero-order valence-electron chi connectivity index (χ0n) is 7.66. The lowest BCUT2D eigenvalue weighted by Gasteiger charge is -1.97. The Morgan fingerprint density at radius 1 is 0.923 bits per heavy atom. The molecule has 0 saturated heterocycles. The van der Waals surface area contributed by atoms with Crippen molar-refractivity contribution in [2.75, 3.05) is 0 Å². The third kappa shape index (κ3) is 5.50. The molecule has 0 bridgehead atoms. The summed E-state index contributed by atoms with van der Waals surface area (Å²) in [6.07, 6.45) is 8.34. The van der Waals surface area contributed by atoms with E-state index in [1.54, 1.807) is 24.3 Å². The minimum atomic E-state index is 0.00153. The largest absolute Gasteiger partial charge is 0.509 e. The van der Waals surface area contributed by atoms with Crippen molar-refractivity contribution in [3.63, 3.8) is 0 Å². The number of hydrogen-bond donors (Lipinski definition) is 1. The summed E-state index contributed by atoms with van der Waals surface area (Å²) in [6, 6.07) is 0. The van der Waals surface area contributed by atoms with Gasteiger partial charge >= 0.3 is 0 Å². The quantitative estimate of drug-likeness (QED) is 0.500. The molecule has 68 valence electrons. The summed E-state index contributed by atoms with van der Waals surface area (Å²) in [7, 11) is 0. The molecule has 0 aromatic rings. The van der Waals surface area contributed by atoms with Crippen LogP contribution in [0, 0.1) is 0 Å². The average molecular weight is 174 g/mol. The van der Waals surface area contributed by atoms with Crippen LogP contribution in [0.2, 0.25) is 0 Å². The van der Waals surface area contributed by atoms with Gasteiger partial charge in [0.2, 0.25) is 0 Å². The van der Waals surface area contributed by atoms with Crippen LogP contribution in [0.3, 0.4) is 0 Å². The first-order valence-electron chi connectivity index (χ1n) is 3.81. The third-order valence-electron chi connectivity index (χ3n) is 1.32. The molecule has 0 unspecified atom stereocenters. The van der Waals surface area contributed by atoms with Gasteiger partial charge in [0.1, 0.15) is 5.76 Å². The predicted octanol–water partition coefficient (Wildman–Crippen LogP) is 3.47. The maximum atomic E-state index is 8.77. The molecule has 0 radical (unpaired) electrons. The van der Waals surface area contributed by atoms with Crippen molar-refractivity contribution < 1.29 is 5.11 Å². The lowest BCUT2D eigenvalue weighted by atomic mass is 10.1. The van der Waals surface area contributed by atoms with E-state index in [0.717, 1.165) is 11.1 Å². The van der Waals surface area contributed by atoms with Gasteiger partial charge in [-0.2, -0.15) is 0 Å². The Hall–Kier alpha value is -1.76. The number of rotatable bonds is 5. The highest BCUT2D eigenvalue weighted by Gasteiger charge is 1.90. The van der Waals surface area contributed by atoms with Crippen molar-refractivity contribution in [1.82, 2.24) is 0 Å². The summed E-state index contributed by atoms with van der Waals surface area (Å²) in [5.74, 6) is 0.00153. The van der Waals surface area contributed by atoms with Crippen LogP contribution in [0.4, 0.5) is 0 Å². The van der Waals surface area contributed by atoms with Crippen LogP contribution in [-0.4, -0.2) is 5.11 Å². The van der Waals surface area contributed by atoms with E-state index < -0.39 is 0 Å². The van der Waals surface area contributed by atoms with Crippen LogP contribution in [0.1, 0.15) is 0 Å². The Balaban J connectivity index is 4.28. The molecule has 0 rings (SSSR count). The van der Waals surface area contributed by atoms with Crippen molar-refractivity contribution in [1.29, 1.82) is 0 Å². The van der Waals surface area contributed by atoms with Crippen LogP contribution in [0.5, 0.6) is 0 Å². The van der Waals surface area contributed by atoms with E-state index in [1.165, 1.54) is 6.08 Å². The lowest BCUT2D eigenvalue weighted by Crippen LogP contribution is -1.78. The van der Waals surface area contributed by atoms with Crippen LogP contribution in [0.15, 0.2) is 73.6 Å². The Kier molecular flexibility index (Phi) is 5.05. The van der Waals surface area contributed by atoms with Gasteiger partial charge in [-0.15, -0.1) is 0 Å². The van der Waals surface area contributed by atoms with Gasteiger partial charge < -0.3 is 5.11 Å². The SMILES string of the molecule is C=C/C=C\C(=C)C(=C)/C=C\C(=C)O. The fourth-order valence-corrected chi connectivity index (χ4v) is 0.595. The fourth-order valence-electron chi connectivity index (χ4n) is 0.595. The summed E-state index contributed by atoms with van der Waals surface area (Å²) >= 11 is 0. The van der Waals surface area contributed by atoms with Gasteiger partial charge in [0.25, 0.3) is 0 Å². The minimum Gasteiger partial charge on any atom is -0.509 e. The second-order valence-electron chi connectivity index (χ2n) is 2.47. The van der Waals surface area contributed by atoms with Crippen molar-refractivity contribution in [2.24, 2.45) is 0 Å². The maximum absolute atomic E-state index is 8.77. The first-order valence-corrected chi connectivity index (χ1v) is 3.81. The minimum absolute atomic E-state index is 0.00153. The number of aliphatic hydroxyl groups excluding tert-OH is 1. The lowest BCUT2D eigenvalue weighted by molar-refractivity contribution is 0.435. The zero-order valence-corrected chi connectivity index (χ0v) is 7.66. The van der Waals surface area contributed by atoms with Crippen molar-refractivity contribution in [2.45, 2.75) is 0 Å². The predicted molar refractivity (Wildman–Crippen MR) is 58.5 cm³/mol. The highest BCUT2D eigenvalue weighted by atomic mass is 16.3. The van der Waals surface area contributed by atoms with E-state index in [2.05, 4.69) is 26.3 Å². The summed E-state index contributed by atoms with van der Waals surface area (Å²) < 4.78 is 0. The van der Waals surface area contributed by atoms with E-state index in [0.29, 0.717) is 0 Å². The second-order valence-corrected chi connectivity index (χ2v) is 2.47. The van der Waals surface area contributed by atoms with Crippen molar-refractivity contribution >= 4 is 0 Å². The molecule has 0 saturated carbocycles. The molecule has 1 N–H and O–H groups in total. The molecule has 0 aliphatic carbocycles. The molecule has 1 nitrogen and oxygen atoms in total. The van der Waals surface area contributed by atoms with Gasteiger partial charge in [-0.3, -0.25) is 0 Å². The molecule has 0 heterocycles. The van der Waals surface area contributed by atoms with E-state index in [4.69, 9.17) is 5.11 Å². The smallest absolute Gasteiger partial charge is 0.108 e. The molecule has 1 heteroatoms. The highest BCUT2D eigenvalue weighted by Crippen LogP contribution is 2.08. The second kappa shape index (κ2) is 5.84. The third-order valence-corrected chi connectivity index (χ3v) is 1.32. The molecule has 0 fully saturated rings. The zero-order chi connectivity index (χ0) is 10.3. The van der Waals surface area contributed by atoms with Crippen LogP contribution in [0.25, 0.3) is 0 Å². The molecule has 0 atom stereocenters. The Labute approximate surface area is 79.4 Å². The van der Waals surface area contributed by atoms with E-state index in [9.17, 15) is 0 Å². The molecule has 0 aliphatic rings. The van der Waals surface area contributed by atoms with E-state index in [-0.39, 0.29) is 5.76 Å². The highest BCUT2D eigenvalue weighted by molar-refractivity contribution is 5.44. The molecule has 0 amide bonds. The van der Waals surface area contributed by atoms with E-state index in [1.807, 2.05) is 0 Å². The molecule has 0 aromatic carbocycles. The molecule has 0 aliphatic heterocycles. The van der Waals surface area contributed by atoms with Gasteiger partial charge in [-0.1, -0.05) is 50.6 Å². The number of allylic oxidation sites excluding steroid dienone is 7. The van der Waals surface area contributed by atoms with Crippen LogP contribution < -0.4 is 0 Å². The molecule has 0 aromatic heterocycles. The maximum Gasteiger partial charge on any atom is 0.108 e. The Bertz CT molecular complexity index is 290. The fraction of sp³-hybridized carbons (Fsp3) is 0. The summed E-state index contributed by atoms with van der Waals surface area (Å²) in [5.41, 5.74) is 1.51. The van der Waals surface area contributed by atoms with Crippen LogP contribution in [-0.2, 0) is 0 Å². The van der Waals surface area contributed by atoms with Gasteiger partial charge in [-0.05, 0) is 17.2 Å². The normalized spacial score (nSPS) is 10.5. The van der Waals surface area contributed by atoms with Gasteiger partial charge in [-0.25, -0.2) is 0 Å². The van der Waals surface area contributed by atoms with Crippen molar-refractivity contribution in [3.8, 4) is 0 Å². The van der Waals surface area contributed by atoms with Crippen molar-refractivity contribution in [3.05, 3.63) is 73.6 Å². The monoisotopic (exact) mass is 174 g/mol. The topological polar surface area (TPSA) is 20.2 Å². The van der Waals surface area contributed by atoms with Crippen LogP contribution >= 0.6 is 0 Å². The van der Waals surface area contributed by atoms with Gasteiger partial charge in [0, 0.05) is 0 Å². The standard InChI is InChI=1S/C12H14O/c1-5-6-7-10(2)11(3)8-9-12(4)13/h5-9,13H,1-4H2/b7-6-,9-8-. The molecule has 13 heavy (non-hydrogen) atoms. The Morgan fingerprint density at radius 3 is 1.92 bits per heavy atom. The number of aliphatic hydroxyl groups is 1. The molecule has 0 spiro atoms. The molecular formula is C12H14O. The average Bonchev–Trinajstić information content (AvgIpc) is 2.10. The summed E-state index contributed by atoms with van der Waals surface area (Å²) in [4.78, 5) is 0. The summed E-state index contributed by atoms with van der Waals surface area (Å²) in [5, 5.41) is 8.77. The van der Waals surface area contributed by atoms with Gasteiger partial charge in [0.15, 0.2) is 0 Å². The number of hydrogen-bond acceptors (Lipinski definition) is 1. The first-order chi connectivity index (χ1) is 6.07. The Morgan fingerprint density at radius 2 is 1.46 bits per heavy atom.